The van der Waals surface area contributed by atoms with Crippen LogP contribution in [0.5, 0.6) is 5.75 Å². The highest BCUT2D eigenvalue weighted by Gasteiger charge is 2.21. The number of rotatable bonds is 5. The van der Waals surface area contributed by atoms with Crippen LogP contribution in [0.1, 0.15) is 40.3 Å². The Kier molecular flexibility index (Phi) is 5.10. The van der Waals surface area contributed by atoms with Gasteiger partial charge in [0.05, 0.1) is 22.4 Å². The number of nitrogens with one attached hydrogen (secondary N) is 1. The lowest BCUT2D eigenvalue weighted by Crippen LogP contribution is -2.11. The van der Waals surface area contributed by atoms with E-state index in [1.807, 2.05) is 25.1 Å². The lowest BCUT2D eigenvalue weighted by Gasteiger charge is -2.02. The summed E-state index contributed by atoms with van der Waals surface area (Å²) in [4.78, 5) is 29.0. The van der Waals surface area contributed by atoms with Gasteiger partial charge >= 0.3 is 5.97 Å². The second-order valence-corrected chi connectivity index (χ2v) is 8.44. The maximum atomic E-state index is 12.7. The van der Waals surface area contributed by atoms with E-state index >= 15 is 0 Å². The first-order valence-electron chi connectivity index (χ1n) is 10.2. The van der Waals surface area contributed by atoms with Gasteiger partial charge in [0.1, 0.15) is 11.9 Å². The van der Waals surface area contributed by atoms with Crippen LogP contribution >= 0.6 is 11.3 Å². The zero-order valence-electron chi connectivity index (χ0n) is 17.4. The number of aromatic nitrogens is 2. The first-order chi connectivity index (χ1) is 15.5. The Labute approximate surface area is 187 Å². The van der Waals surface area contributed by atoms with Crippen molar-refractivity contribution in [3.8, 4) is 17.1 Å². The summed E-state index contributed by atoms with van der Waals surface area (Å²) < 4.78 is 16.9. The van der Waals surface area contributed by atoms with Crippen molar-refractivity contribution in [3.05, 3.63) is 59.3 Å². The summed E-state index contributed by atoms with van der Waals surface area (Å²) >= 11 is 1.26. The molecule has 1 amide bonds. The van der Waals surface area contributed by atoms with Crippen LogP contribution in [0.3, 0.4) is 0 Å². The molecule has 32 heavy (non-hydrogen) atoms. The summed E-state index contributed by atoms with van der Waals surface area (Å²) in [7, 11) is 0. The molecule has 0 fully saturated rings. The summed E-state index contributed by atoms with van der Waals surface area (Å²) in [5, 5.41) is 7.05. The van der Waals surface area contributed by atoms with Crippen LogP contribution in [0.15, 0.2) is 47.0 Å². The average Bonchev–Trinajstić information content (AvgIpc) is 3.49. The van der Waals surface area contributed by atoms with Crippen LogP contribution in [0.25, 0.3) is 21.5 Å². The van der Waals surface area contributed by atoms with Crippen molar-refractivity contribution in [1.29, 1.82) is 0 Å². The molecule has 1 unspecified atom stereocenters. The van der Waals surface area contributed by atoms with E-state index in [4.69, 9.17) is 14.0 Å². The number of anilines is 1. The number of esters is 1. The maximum absolute atomic E-state index is 12.7. The molecule has 162 valence electrons. The zero-order chi connectivity index (χ0) is 22.2. The summed E-state index contributed by atoms with van der Waals surface area (Å²) in [5.41, 5.74) is 3.20. The van der Waals surface area contributed by atoms with Crippen molar-refractivity contribution in [2.24, 2.45) is 0 Å². The quantitative estimate of drug-likeness (QED) is 0.440. The second kappa shape index (κ2) is 8.08. The standard InChI is InChI=1S/C23H19N3O5S/c1-3-29-22(28)14-4-6-16-20(10-14)32-23(24-16)25-21(27)17-11-19(31-26-17)13-5-7-18-15(9-13)8-12(2)30-18/h4-7,9-12H,3,8H2,1-2H3,(H,24,25,27). The topological polar surface area (TPSA) is 104 Å². The molecule has 1 aliphatic rings. The van der Waals surface area contributed by atoms with Crippen LogP contribution in [0.4, 0.5) is 5.13 Å². The minimum atomic E-state index is -0.428. The molecule has 0 radical (unpaired) electrons. The van der Waals surface area contributed by atoms with Crippen LogP contribution < -0.4 is 10.1 Å². The minimum absolute atomic E-state index is 0.150. The van der Waals surface area contributed by atoms with E-state index in [9.17, 15) is 9.59 Å². The van der Waals surface area contributed by atoms with Crippen molar-refractivity contribution in [3.63, 3.8) is 0 Å². The van der Waals surface area contributed by atoms with E-state index in [-0.39, 0.29) is 11.8 Å². The summed E-state index contributed by atoms with van der Waals surface area (Å²) in [6.07, 6.45) is 0.985. The van der Waals surface area contributed by atoms with Crippen LogP contribution in [0, 0.1) is 0 Å². The summed E-state index contributed by atoms with van der Waals surface area (Å²) in [6, 6.07) is 12.5. The van der Waals surface area contributed by atoms with Gasteiger partial charge in [-0.3, -0.25) is 10.1 Å². The van der Waals surface area contributed by atoms with E-state index in [0.717, 1.165) is 28.0 Å². The number of hydrogen-bond donors (Lipinski definition) is 1. The summed E-state index contributed by atoms with van der Waals surface area (Å²) in [6.45, 7) is 4.08. The first-order valence-corrected chi connectivity index (χ1v) is 11.0. The van der Waals surface area contributed by atoms with Crippen molar-refractivity contribution < 1.29 is 23.6 Å². The molecule has 0 aliphatic carbocycles. The van der Waals surface area contributed by atoms with Gasteiger partial charge in [-0.25, -0.2) is 9.78 Å². The van der Waals surface area contributed by atoms with Crippen molar-refractivity contribution in [1.82, 2.24) is 10.1 Å². The predicted octanol–water partition coefficient (Wildman–Crippen LogP) is 4.70. The first kappa shape index (κ1) is 20.2. The van der Waals surface area contributed by atoms with Crippen LogP contribution in [-0.2, 0) is 11.2 Å². The van der Waals surface area contributed by atoms with E-state index in [2.05, 4.69) is 15.5 Å². The van der Waals surface area contributed by atoms with Gasteiger partial charge < -0.3 is 14.0 Å². The van der Waals surface area contributed by atoms with Gasteiger partial charge in [-0.15, -0.1) is 0 Å². The number of hydrogen-bond acceptors (Lipinski definition) is 8. The average molecular weight is 449 g/mol. The Morgan fingerprint density at radius 3 is 2.94 bits per heavy atom. The third-order valence-corrected chi connectivity index (χ3v) is 5.98. The molecule has 5 rings (SSSR count). The number of ether oxygens (including phenoxy) is 2. The number of carbonyl (C=O) groups excluding carboxylic acids is 2. The Balaban J connectivity index is 1.32. The van der Waals surface area contributed by atoms with E-state index in [1.165, 1.54) is 11.3 Å². The highest BCUT2D eigenvalue weighted by molar-refractivity contribution is 7.22. The van der Waals surface area contributed by atoms with Gasteiger partial charge in [0.15, 0.2) is 16.6 Å². The number of carbonyl (C=O) groups is 2. The third-order valence-electron chi connectivity index (χ3n) is 5.04. The smallest absolute Gasteiger partial charge is 0.338 e. The molecule has 3 heterocycles. The molecule has 0 spiro atoms. The lowest BCUT2D eigenvalue weighted by atomic mass is 10.1. The Morgan fingerprint density at radius 1 is 1.22 bits per heavy atom. The molecule has 1 N–H and O–H groups in total. The van der Waals surface area contributed by atoms with Gasteiger partial charge in [-0.05, 0) is 55.8 Å². The monoisotopic (exact) mass is 449 g/mol. The largest absolute Gasteiger partial charge is 0.490 e. The van der Waals surface area contributed by atoms with E-state index in [0.29, 0.717) is 28.6 Å². The Morgan fingerprint density at radius 2 is 2.09 bits per heavy atom. The van der Waals surface area contributed by atoms with E-state index in [1.54, 1.807) is 31.2 Å². The second-order valence-electron chi connectivity index (χ2n) is 7.41. The number of nitrogens with zero attached hydrogens (tertiary/aromatic N) is 2. The van der Waals surface area contributed by atoms with Gasteiger partial charge in [-0.1, -0.05) is 16.5 Å². The molecular weight excluding hydrogens is 430 g/mol. The molecule has 9 heteroatoms. The van der Waals surface area contributed by atoms with Gasteiger partial charge in [0.2, 0.25) is 0 Å². The molecule has 1 aliphatic heterocycles. The number of benzene rings is 2. The molecular formula is C23H19N3O5S. The lowest BCUT2D eigenvalue weighted by molar-refractivity contribution is 0.0526. The predicted molar refractivity (Wildman–Crippen MR) is 119 cm³/mol. The highest BCUT2D eigenvalue weighted by atomic mass is 32.1. The minimum Gasteiger partial charge on any atom is -0.490 e. The summed E-state index contributed by atoms with van der Waals surface area (Å²) in [5.74, 6) is 0.556. The molecule has 8 nitrogen and oxygen atoms in total. The van der Waals surface area contributed by atoms with Crippen molar-refractivity contribution >= 4 is 38.6 Å². The zero-order valence-corrected chi connectivity index (χ0v) is 18.2. The number of amides is 1. The molecule has 1 atom stereocenters. The van der Waals surface area contributed by atoms with E-state index < -0.39 is 11.9 Å². The molecule has 0 bridgehead atoms. The van der Waals surface area contributed by atoms with Crippen molar-refractivity contribution in [2.75, 3.05) is 11.9 Å². The number of fused-ring (bicyclic) bond motifs is 2. The number of thiazole rings is 1. The Hall–Kier alpha value is -3.72. The molecule has 4 aromatic rings. The van der Waals surface area contributed by atoms with Gasteiger partial charge in [-0.2, -0.15) is 0 Å². The van der Waals surface area contributed by atoms with Crippen LogP contribution in [-0.4, -0.2) is 34.7 Å². The third kappa shape index (κ3) is 3.82. The van der Waals surface area contributed by atoms with Crippen LogP contribution in [0.2, 0.25) is 0 Å². The van der Waals surface area contributed by atoms with Gasteiger partial charge in [0, 0.05) is 18.1 Å². The molecule has 0 saturated carbocycles. The fourth-order valence-electron chi connectivity index (χ4n) is 3.57. The molecule has 2 aromatic carbocycles. The Bertz CT molecular complexity index is 1340. The highest BCUT2D eigenvalue weighted by Crippen LogP contribution is 2.33. The molecule has 0 saturated heterocycles. The fraction of sp³-hybridized carbons (Fsp3) is 0.217. The van der Waals surface area contributed by atoms with Gasteiger partial charge in [0.25, 0.3) is 5.91 Å². The SMILES string of the molecule is CCOC(=O)c1ccc2nc(NC(=O)c3cc(-c4ccc5c(c4)CC(C)O5)on3)sc2c1. The maximum Gasteiger partial charge on any atom is 0.338 e. The fourth-order valence-corrected chi connectivity index (χ4v) is 4.47. The van der Waals surface area contributed by atoms with Crippen molar-refractivity contribution in [2.45, 2.75) is 26.4 Å². The normalized spacial score (nSPS) is 14.8. The molecule has 2 aromatic heterocycles.